The van der Waals surface area contributed by atoms with Crippen molar-refractivity contribution in [3.63, 3.8) is 0 Å². The molecular formula is C13H18FN3O. The van der Waals surface area contributed by atoms with E-state index in [1.54, 1.807) is 6.07 Å². The second kappa shape index (κ2) is 5.35. The van der Waals surface area contributed by atoms with E-state index < -0.39 is 0 Å². The molecule has 5 heteroatoms. The first kappa shape index (κ1) is 12.8. The minimum atomic E-state index is -0.271. The molecule has 0 spiro atoms. The van der Waals surface area contributed by atoms with Crippen LogP contribution in [0.25, 0.3) is 0 Å². The van der Waals surface area contributed by atoms with E-state index in [-0.39, 0.29) is 24.2 Å². The number of carbonyl (C=O) groups excluding carboxylic acids is 1. The molecule has 0 radical (unpaired) electrons. The van der Waals surface area contributed by atoms with Crippen molar-refractivity contribution in [3.05, 3.63) is 29.6 Å². The van der Waals surface area contributed by atoms with Crippen LogP contribution in [-0.4, -0.2) is 19.0 Å². The van der Waals surface area contributed by atoms with E-state index in [9.17, 15) is 9.18 Å². The lowest BCUT2D eigenvalue weighted by molar-refractivity contribution is -0.122. The third kappa shape index (κ3) is 2.61. The molecule has 0 unspecified atom stereocenters. The predicted octanol–water partition coefficient (Wildman–Crippen LogP) is 0.986. The van der Waals surface area contributed by atoms with Crippen molar-refractivity contribution in [2.75, 3.05) is 18.0 Å². The molecule has 1 heterocycles. The van der Waals surface area contributed by atoms with Gasteiger partial charge in [-0.1, -0.05) is 6.07 Å². The molecule has 0 bridgehead atoms. The largest absolute Gasteiger partial charge is 0.371 e. The molecule has 0 aromatic heterocycles. The number of rotatable bonds is 3. The molecule has 0 atom stereocenters. The fourth-order valence-corrected chi connectivity index (χ4v) is 2.32. The molecule has 18 heavy (non-hydrogen) atoms. The maximum Gasteiger partial charge on any atom is 0.220 e. The number of piperidine rings is 1. The maximum absolute atomic E-state index is 13.6. The summed E-state index contributed by atoms with van der Waals surface area (Å²) >= 11 is 0. The van der Waals surface area contributed by atoms with E-state index in [1.807, 2.05) is 6.07 Å². The van der Waals surface area contributed by atoms with Crippen LogP contribution in [0.3, 0.4) is 0 Å². The van der Waals surface area contributed by atoms with Gasteiger partial charge in [-0.3, -0.25) is 4.79 Å². The summed E-state index contributed by atoms with van der Waals surface area (Å²) in [5, 5.41) is 0. The zero-order valence-corrected chi connectivity index (χ0v) is 10.2. The van der Waals surface area contributed by atoms with Gasteiger partial charge in [0.2, 0.25) is 5.91 Å². The van der Waals surface area contributed by atoms with Gasteiger partial charge in [0.15, 0.2) is 0 Å². The van der Waals surface area contributed by atoms with Crippen LogP contribution in [0.1, 0.15) is 18.4 Å². The van der Waals surface area contributed by atoms with Crippen LogP contribution in [0.5, 0.6) is 0 Å². The van der Waals surface area contributed by atoms with Gasteiger partial charge in [0.05, 0.1) is 0 Å². The highest BCUT2D eigenvalue weighted by Gasteiger charge is 2.23. The van der Waals surface area contributed by atoms with Gasteiger partial charge in [-0.15, -0.1) is 0 Å². The van der Waals surface area contributed by atoms with Gasteiger partial charge >= 0.3 is 0 Å². The molecule has 2 rings (SSSR count). The molecule has 0 aliphatic carbocycles. The van der Waals surface area contributed by atoms with E-state index in [4.69, 9.17) is 11.5 Å². The Kier molecular flexibility index (Phi) is 3.81. The molecule has 1 aliphatic heterocycles. The van der Waals surface area contributed by atoms with Gasteiger partial charge in [0.25, 0.3) is 0 Å². The predicted molar refractivity (Wildman–Crippen MR) is 68.4 cm³/mol. The van der Waals surface area contributed by atoms with Crippen LogP contribution >= 0.6 is 0 Å². The van der Waals surface area contributed by atoms with E-state index in [0.29, 0.717) is 5.56 Å². The standard InChI is InChI=1S/C13H18FN3O/c14-12-7-11(2-1-10(12)8-15)17-5-3-9(4-6-17)13(16)18/h1-2,7,9H,3-6,8,15H2,(H2,16,18). The number of primary amides is 1. The van der Waals surface area contributed by atoms with E-state index in [1.165, 1.54) is 6.07 Å². The highest BCUT2D eigenvalue weighted by molar-refractivity contribution is 5.77. The summed E-state index contributed by atoms with van der Waals surface area (Å²) in [6.07, 6.45) is 1.46. The van der Waals surface area contributed by atoms with Crippen molar-refractivity contribution in [1.82, 2.24) is 0 Å². The van der Waals surface area contributed by atoms with Crippen molar-refractivity contribution in [2.24, 2.45) is 17.4 Å². The van der Waals surface area contributed by atoms with Gasteiger partial charge in [-0.05, 0) is 25.0 Å². The highest BCUT2D eigenvalue weighted by Crippen LogP contribution is 2.24. The Labute approximate surface area is 106 Å². The Bertz CT molecular complexity index is 442. The average Bonchev–Trinajstić information content (AvgIpc) is 2.38. The summed E-state index contributed by atoms with van der Waals surface area (Å²) in [6.45, 7) is 1.67. The Morgan fingerprint density at radius 2 is 2.06 bits per heavy atom. The number of halogens is 1. The summed E-state index contributed by atoms with van der Waals surface area (Å²) in [7, 11) is 0. The van der Waals surface area contributed by atoms with Crippen molar-refractivity contribution < 1.29 is 9.18 Å². The second-order valence-electron chi connectivity index (χ2n) is 4.64. The van der Waals surface area contributed by atoms with Gasteiger partial charge in [0.1, 0.15) is 5.82 Å². The lowest BCUT2D eigenvalue weighted by Crippen LogP contribution is -2.38. The quantitative estimate of drug-likeness (QED) is 0.841. The summed E-state index contributed by atoms with van der Waals surface area (Å²) in [4.78, 5) is 13.1. The molecule has 1 aliphatic rings. The minimum absolute atomic E-state index is 0.0468. The third-order valence-electron chi connectivity index (χ3n) is 3.52. The van der Waals surface area contributed by atoms with Gasteiger partial charge < -0.3 is 16.4 Å². The highest BCUT2D eigenvalue weighted by atomic mass is 19.1. The topological polar surface area (TPSA) is 72.3 Å². The first-order valence-corrected chi connectivity index (χ1v) is 6.14. The van der Waals surface area contributed by atoms with Crippen LogP contribution in [0.15, 0.2) is 18.2 Å². The lowest BCUT2D eigenvalue weighted by Gasteiger charge is -2.32. The maximum atomic E-state index is 13.6. The van der Waals surface area contributed by atoms with Crippen molar-refractivity contribution in [2.45, 2.75) is 19.4 Å². The van der Waals surface area contributed by atoms with Crippen LogP contribution in [-0.2, 0) is 11.3 Å². The molecular weight excluding hydrogens is 233 g/mol. The number of hydrogen-bond donors (Lipinski definition) is 2. The zero-order valence-electron chi connectivity index (χ0n) is 10.2. The summed E-state index contributed by atoms with van der Waals surface area (Å²) in [6, 6.07) is 5.09. The third-order valence-corrected chi connectivity index (χ3v) is 3.52. The summed E-state index contributed by atoms with van der Waals surface area (Å²) in [5.41, 5.74) is 12.1. The average molecular weight is 251 g/mol. The van der Waals surface area contributed by atoms with Crippen molar-refractivity contribution in [1.29, 1.82) is 0 Å². The van der Waals surface area contributed by atoms with Crippen LogP contribution < -0.4 is 16.4 Å². The van der Waals surface area contributed by atoms with Crippen LogP contribution in [0, 0.1) is 11.7 Å². The molecule has 1 amide bonds. The molecule has 4 N–H and O–H groups in total. The Morgan fingerprint density at radius 3 is 2.56 bits per heavy atom. The molecule has 0 saturated carbocycles. The van der Waals surface area contributed by atoms with E-state index in [0.717, 1.165) is 31.6 Å². The first-order valence-electron chi connectivity index (χ1n) is 6.14. The number of nitrogens with two attached hydrogens (primary N) is 2. The van der Waals surface area contributed by atoms with Crippen LogP contribution in [0.4, 0.5) is 10.1 Å². The summed E-state index contributed by atoms with van der Waals surface area (Å²) in [5.74, 6) is -0.555. The van der Waals surface area contributed by atoms with Crippen LogP contribution in [0.2, 0.25) is 0 Å². The first-order chi connectivity index (χ1) is 8.61. The monoisotopic (exact) mass is 251 g/mol. The van der Waals surface area contributed by atoms with Gasteiger partial charge in [-0.2, -0.15) is 0 Å². The molecule has 98 valence electrons. The number of anilines is 1. The number of nitrogens with zero attached hydrogens (tertiary/aromatic N) is 1. The normalized spacial score (nSPS) is 16.9. The molecule has 4 nitrogen and oxygen atoms in total. The lowest BCUT2D eigenvalue weighted by atomic mass is 9.96. The Morgan fingerprint density at radius 1 is 1.39 bits per heavy atom. The molecule has 1 aromatic rings. The number of benzene rings is 1. The number of hydrogen-bond acceptors (Lipinski definition) is 3. The Hall–Kier alpha value is -1.62. The second-order valence-corrected chi connectivity index (χ2v) is 4.64. The van der Waals surface area contributed by atoms with E-state index >= 15 is 0 Å². The SMILES string of the molecule is NCc1ccc(N2CCC(C(N)=O)CC2)cc1F. The van der Waals surface area contributed by atoms with Crippen molar-refractivity contribution in [3.8, 4) is 0 Å². The molecule has 1 fully saturated rings. The Balaban J connectivity index is 2.05. The van der Waals surface area contributed by atoms with E-state index in [2.05, 4.69) is 4.90 Å². The fourth-order valence-electron chi connectivity index (χ4n) is 2.32. The molecule has 1 aromatic carbocycles. The smallest absolute Gasteiger partial charge is 0.220 e. The van der Waals surface area contributed by atoms with Gasteiger partial charge in [0, 0.05) is 36.8 Å². The van der Waals surface area contributed by atoms with Gasteiger partial charge in [-0.25, -0.2) is 4.39 Å². The zero-order chi connectivity index (χ0) is 13.1. The number of carbonyl (C=O) groups is 1. The minimum Gasteiger partial charge on any atom is -0.371 e. The van der Waals surface area contributed by atoms with Crippen molar-refractivity contribution >= 4 is 11.6 Å². The molecule has 1 saturated heterocycles. The number of amides is 1. The summed E-state index contributed by atoms with van der Waals surface area (Å²) < 4.78 is 13.6. The fraction of sp³-hybridized carbons (Fsp3) is 0.462.